The summed E-state index contributed by atoms with van der Waals surface area (Å²) in [5.41, 5.74) is 1.47. The number of rotatable bonds is 6. The first kappa shape index (κ1) is 21.0. The largest absolute Gasteiger partial charge is 0.323 e. The molecule has 31 heavy (non-hydrogen) atoms. The van der Waals surface area contributed by atoms with Crippen molar-refractivity contribution >= 4 is 35.0 Å². The third-order valence-electron chi connectivity index (χ3n) is 4.29. The molecule has 0 atom stereocenters. The molecule has 0 fully saturated rings. The molecule has 0 aliphatic carbocycles. The summed E-state index contributed by atoms with van der Waals surface area (Å²) in [7, 11) is 0. The Hall–Kier alpha value is -3.23. The van der Waals surface area contributed by atoms with Gasteiger partial charge in [0.1, 0.15) is 11.6 Å². The molecule has 5 nitrogen and oxygen atoms in total. The SMILES string of the molecule is O=C(CSc1nnc(-c2ccc(F)cc2)n1-c1ccccc1)Nc1cc(Cl)ccc1F. The van der Waals surface area contributed by atoms with E-state index < -0.39 is 11.7 Å². The number of nitrogens with zero attached hydrogens (tertiary/aromatic N) is 3. The summed E-state index contributed by atoms with van der Waals surface area (Å²) in [6.45, 7) is 0. The quantitative estimate of drug-likeness (QED) is 0.384. The lowest BCUT2D eigenvalue weighted by Crippen LogP contribution is -2.15. The van der Waals surface area contributed by atoms with Crippen LogP contribution in [0.1, 0.15) is 0 Å². The number of anilines is 1. The van der Waals surface area contributed by atoms with Gasteiger partial charge in [0.15, 0.2) is 11.0 Å². The van der Waals surface area contributed by atoms with Crippen LogP contribution in [0.25, 0.3) is 17.1 Å². The molecule has 0 radical (unpaired) electrons. The summed E-state index contributed by atoms with van der Waals surface area (Å²) in [5, 5.41) is 11.7. The van der Waals surface area contributed by atoms with Gasteiger partial charge in [-0.05, 0) is 54.6 Å². The number of aromatic nitrogens is 3. The molecule has 0 spiro atoms. The van der Waals surface area contributed by atoms with Gasteiger partial charge in [-0.1, -0.05) is 41.6 Å². The number of nitrogens with one attached hydrogen (secondary N) is 1. The summed E-state index contributed by atoms with van der Waals surface area (Å²) < 4.78 is 29.0. The second-order valence-electron chi connectivity index (χ2n) is 6.45. The van der Waals surface area contributed by atoms with E-state index in [1.807, 2.05) is 30.3 Å². The van der Waals surface area contributed by atoms with Crippen LogP contribution >= 0.6 is 23.4 Å². The van der Waals surface area contributed by atoms with Gasteiger partial charge in [-0.2, -0.15) is 0 Å². The van der Waals surface area contributed by atoms with Crippen LogP contribution in [0.5, 0.6) is 0 Å². The van der Waals surface area contributed by atoms with Crippen molar-refractivity contribution in [3.8, 4) is 17.1 Å². The lowest BCUT2D eigenvalue weighted by Gasteiger charge is -2.11. The van der Waals surface area contributed by atoms with Gasteiger partial charge in [-0.3, -0.25) is 9.36 Å². The van der Waals surface area contributed by atoms with E-state index >= 15 is 0 Å². The number of carbonyl (C=O) groups excluding carboxylic acids is 1. The van der Waals surface area contributed by atoms with E-state index in [9.17, 15) is 13.6 Å². The molecule has 4 rings (SSSR count). The zero-order valence-electron chi connectivity index (χ0n) is 15.9. The van der Waals surface area contributed by atoms with Crippen molar-refractivity contribution in [3.63, 3.8) is 0 Å². The number of carbonyl (C=O) groups is 1. The van der Waals surface area contributed by atoms with Crippen LogP contribution in [0.2, 0.25) is 5.02 Å². The van der Waals surface area contributed by atoms with Gasteiger partial charge >= 0.3 is 0 Å². The monoisotopic (exact) mass is 456 g/mol. The van der Waals surface area contributed by atoms with Gasteiger partial charge in [0.2, 0.25) is 5.91 Å². The van der Waals surface area contributed by atoms with Crippen LogP contribution < -0.4 is 5.32 Å². The van der Waals surface area contributed by atoms with Crippen molar-refractivity contribution in [3.05, 3.63) is 89.5 Å². The van der Waals surface area contributed by atoms with Crippen LogP contribution in [0.15, 0.2) is 78.0 Å². The lowest BCUT2D eigenvalue weighted by molar-refractivity contribution is -0.113. The van der Waals surface area contributed by atoms with E-state index in [0.29, 0.717) is 21.6 Å². The number of halogens is 3. The summed E-state index contributed by atoms with van der Waals surface area (Å²) in [4.78, 5) is 12.4. The van der Waals surface area contributed by atoms with Crippen molar-refractivity contribution in [2.75, 3.05) is 11.1 Å². The molecule has 0 saturated heterocycles. The Kier molecular flexibility index (Phi) is 6.29. The standard InChI is InChI=1S/C22H15ClF2N4OS/c23-15-8-11-18(25)19(12-15)26-20(30)13-31-22-28-27-21(14-6-9-16(24)10-7-14)29(22)17-4-2-1-3-5-17/h1-12H,13H2,(H,26,30). The maximum Gasteiger partial charge on any atom is 0.234 e. The van der Waals surface area contributed by atoms with E-state index in [1.165, 1.54) is 30.3 Å². The zero-order valence-corrected chi connectivity index (χ0v) is 17.5. The molecule has 0 saturated carbocycles. The van der Waals surface area contributed by atoms with Crippen molar-refractivity contribution in [1.29, 1.82) is 0 Å². The van der Waals surface area contributed by atoms with Crippen LogP contribution in [0.3, 0.4) is 0 Å². The number of para-hydroxylation sites is 1. The third-order valence-corrected chi connectivity index (χ3v) is 5.45. The number of amides is 1. The molecule has 1 heterocycles. The summed E-state index contributed by atoms with van der Waals surface area (Å²) in [5.74, 6) is -0.865. The predicted octanol–water partition coefficient (Wildman–Crippen LogP) is 5.60. The van der Waals surface area contributed by atoms with Gasteiger partial charge in [0.05, 0.1) is 11.4 Å². The first-order valence-corrected chi connectivity index (χ1v) is 10.5. The first-order chi connectivity index (χ1) is 15.0. The molecule has 1 amide bonds. The minimum Gasteiger partial charge on any atom is -0.323 e. The Morgan fingerprint density at radius 2 is 1.74 bits per heavy atom. The minimum absolute atomic E-state index is 0.00891. The molecule has 4 aromatic rings. The molecular weight excluding hydrogens is 442 g/mol. The fourth-order valence-corrected chi connectivity index (χ4v) is 3.79. The van der Waals surface area contributed by atoms with Crippen LogP contribution in [-0.4, -0.2) is 26.4 Å². The highest BCUT2D eigenvalue weighted by atomic mass is 35.5. The lowest BCUT2D eigenvalue weighted by atomic mass is 10.2. The molecule has 1 N–H and O–H groups in total. The molecular formula is C22H15ClF2N4OS. The van der Waals surface area contributed by atoms with Crippen LogP contribution in [-0.2, 0) is 4.79 Å². The average Bonchev–Trinajstić information content (AvgIpc) is 3.20. The van der Waals surface area contributed by atoms with Crippen molar-refractivity contribution in [1.82, 2.24) is 14.8 Å². The normalized spacial score (nSPS) is 10.8. The van der Waals surface area contributed by atoms with Gasteiger partial charge in [-0.25, -0.2) is 8.78 Å². The number of hydrogen-bond donors (Lipinski definition) is 1. The molecule has 9 heteroatoms. The third kappa shape index (κ3) is 4.92. The van der Waals surface area contributed by atoms with Crippen LogP contribution in [0.4, 0.5) is 14.5 Å². The summed E-state index contributed by atoms with van der Waals surface area (Å²) in [6, 6.07) is 19.2. The number of thioether (sulfide) groups is 1. The van der Waals surface area contributed by atoms with E-state index in [2.05, 4.69) is 15.5 Å². The topological polar surface area (TPSA) is 59.8 Å². The van der Waals surface area contributed by atoms with E-state index in [1.54, 1.807) is 16.7 Å². The molecule has 0 aliphatic heterocycles. The van der Waals surface area contributed by atoms with Crippen LogP contribution in [0, 0.1) is 11.6 Å². The fraction of sp³-hybridized carbons (Fsp3) is 0.0455. The zero-order chi connectivity index (χ0) is 21.8. The van der Waals surface area contributed by atoms with Crippen molar-refractivity contribution in [2.24, 2.45) is 0 Å². The second-order valence-corrected chi connectivity index (χ2v) is 7.82. The van der Waals surface area contributed by atoms with E-state index in [-0.39, 0.29) is 17.3 Å². The summed E-state index contributed by atoms with van der Waals surface area (Å²) in [6.07, 6.45) is 0. The highest BCUT2D eigenvalue weighted by molar-refractivity contribution is 7.99. The average molecular weight is 457 g/mol. The molecule has 0 aliphatic rings. The highest BCUT2D eigenvalue weighted by Gasteiger charge is 2.18. The van der Waals surface area contributed by atoms with E-state index in [4.69, 9.17) is 11.6 Å². The van der Waals surface area contributed by atoms with Gasteiger partial charge in [-0.15, -0.1) is 10.2 Å². The smallest absolute Gasteiger partial charge is 0.234 e. The Balaban J connectivity index is 1.59. The molecule has 1 aromatic heterocycles. The predicted molar refractivity (Wildman–Crippen MR) is 118 cm³/mol. The molecule has 3 aromatic carbocycles. The van der Waals surface area contributed by atoms with Gasteiger partial charge in [0, 0.05) is 16.3 Å². The number of benzene rings is 3. The molecule has 0 bridgehead atoms. The van der Waals surface area contributed by atoms with Crippen molar-refractivity contribution < 1.29 is 13.6 Å². The maximum absolute atomic E-state index is 13.9. The highest BCUT2D eigenvalue weighted by Crippen LogP contribution is 2.28. The molecule has 0 unspecified atom stereocenters. The Labute approximate surface area is 186 Å². The van der Waals surface area contributed by atoms with Gasteiger partial charge < -0.3 is 5.32 Å². The number of hydrogen-bond acceptors (Lipinski definition) is 4. The summed E-state index contributed by atoms with van der Waals surface area (Å²) >= 11 is 7.01. The Morgan fingerprint density at radius 1 is 1.00 bits per heavy atom. The Morgan fingerprint density at radius 3 is 2.48 bits per heavy atom. The van der Waals surface area contributed by atoms with E-state index in [0.717, 1.165) is 17.4 Å². The fourth-order valence-electron chi connectivity index (χ4n) is 2.87. The maximum atomic E-state index is 13.9. The Bertz CT molecular complexity index is 1220. The first-order valence-electron chi connectivity index (χ1n) is 9.16. The second kappa shape index (κ2) is 9.28. The van der Waals surface area contributed by atoms with Gasteiger partial charge in [0.25, 0.3) is 0 Å². The molecule has 156 valence electrons. The minimum atomic E-state index is -0.575. The van der Waals surface area contributed by atoms with Crippen molar-refractivity contribution in [2.45, 2.75) is 5.16 Å².